The van der Waals surface area contributed by atoms with E-state index in [0.29, 0.717) is 16.7 Å². The minimum Gasteiger partial charge on any atom is -0.354 e. The summed E-state index contributed by atoms with van der Waals surface area (Å²) in [5.74, 6) is -0.962. The van der Waals surface area contributed by atoms with E-state index < -0.39 is 30.8 Å². The van der Waals surface area contributed by atoms with Crippen LogP contribution in [-0.2, 0) is 31.2 Å². The summed E-state index contributed by atoms with van der Waals surface area (Å²) in [7, 11) is -8.56. The number of ketones is 1. The van der Waals surface area contributed by atoms with Gasteiger partial charge < -0.3 is 10.6 Å². The van der Waals surface area contributed by atoms with Gasteiger partial charge in [0.2, 0.25) is 0 Å². The van der Waals surface area contributed by atoms with E-state index in [1.807, 2.05) is 0 Å². The highest BCUT2D eigenvalue weighted by Crippen LogP contribution is 2.39. The number of hydrogen-bond acceptors (Lipinski definition) is 7. The summed E-state index contributed by atoms with van der Waals surface area (Å²) in [6.07, 6.45) is 1.30. The normalized spacial score (nSPS) is 12.9. The quantitative estimate of drug-likeness (QED) is 0.217. The molecule has 0 atom stereocenters. The molecule has 0 spiro atoms. The predicted octanol–water partition coefficient (Wildman–Crippen LogP) is 4.37. The second-order valence-corrected chi connectivity index (χ2v) is 12.8. The summed E-state index contributed by atoms with van der Waals surface area (Å²) < 4.78 is 59.6. The lowest BCUT2D eigenvalue weighted by atomic mass is 9.82. The van der Waals surface area contributed by atoms with Crippen molar-refractivity contribution in [2.45, 2.75) is 23.1 Å². The molecule has 0 fully saturated rings. The Morgan fingerprint density at radius 3 is 2.32 bits per heavy atom. The number of rotatable bonds is 6. The van der Waals surface area contributed by atoms with Crippen LogP contribution in [0.25, 0.3) is 0 Å². The maximum atomic E-state index is 13.4. The number of halogens is 1. The Bertz CT molecular complexity index is 1730. The minimum absolute atomic E-state index is 0.00708. The molecule has 1 aliphatic carbocycles. The number of hydrogen-bond donors (Lipinski definition) is 3. The van der Waals surface area contributed by atoms with Gasteiger partial charge in [-0.15, -0.1) is 0 Å². The van der Waals surface area contributed by atoms with Gasteiger partial charge in [-0.2, -0.15) is 8.42 Å². The molecule has 0 aromatic heterocycles. The third-order valence-corrected chi connectivity index (χ3v) is 8.41. The third-order valence-electron chi connectivity index (χ3n) is 5.94. The molecule has 0 saturated carbocycles. The molecular weight excluding hydrogens is 584 g/mol. The Hall–Kier alpha value is -3.32. The summed E-state index contributed by atoms with van der Waals surface area (Å²) in [5.41, 5.74) is 2.37. The van der Waals surface area contributed by atoms with Crippen molar-refractivity contribution in [3.63, 3.8) is 0 Å². The average molecular weight is 605 g/mol. The SMILES string of the molecule is C=C(Br)C(=O)Nc1ccc(Nc2cc(S(C)(=O)=O)c(C)c3c2Cc2ccccc2C3=O)c(S(=O)(=O)O)c1. The number of fused-ring (bicyclic) bond motifs is 2. The Labute approximate surface area is 222 Å². The minimum atomic E-state index is -4.79. The molecule has 0 unspecified atom stereocenters. The van der Waals surface area contributed by atoms with Crippen molar-refractivity contribution >= 4 is 64.6 Å². The van der Waals surface area contributed by atoms with Gasteiger partial charge in [-0.3, -0.25) is 14.1 Å². The Kier molecular flexibility index (Phi) is 6.88. The van der Waals surface area contributed by atoms with Crippen molar-refractivity contribution in [2.75, 3.05) is 16.9 Å². The molecule has 37 heavy (non-hydrogen) atoms. The summed E-state index contributed by atoms with van der Waals surface area (Å²) in [4.78, 5) is 24.7. The van der Waals surface area contributed by atoms with Crippen molar-refractivity contribution in [3.05, 3.63) is 87.4 Å². The fourth-order valence-corrected chi connectivity index (χ4v) is 6.04. The van der Waals surface area contributed by atoms with E-state index in [2.05, 4.69) is 33.1 Å². The van der Waals surface area contributed by atoms with E-state index in [1.54, 1.807) is 31.2 Å². The Morgan fingerprint density at radius 1 is 1.03 bits per heavy atom. The highest BCUT2D eigenvalue weighted by atomic mass is 79.9. The van der Waals surface area contributed by atoms with Crippen LogP contribution in [0, 0.1) is 6.92 Å². The fourth-order valence-electron chi connectivity index (χ4n) is 4.28. The van der Waals surface area contributed by atoms with E-state index in [9.17, 15) is 31.0 Å². The van der Waals surface area contributed by atoms with Crippen LogP contribution in [0.2, 0.25) is 0 Å². The van der Waals surface area contributed by atoms with Crippen LogP contribution < -0.4 is 10.6 Å². The van der Waals surface area contributed by atoms with Gasteiger partial charge in [0.25, 0.3) is 16.0 Å². The van der Waals surface area contributed by atoms with Crippen molar-refractivity contribution < 1.29 is 31.0 Å². The van der Waals surface area contributed by atoms with Gasteiger partial charge in [-0.1, -0.05) is 30.8 Å². The van der Waals surface area contributed by atoms with Crippen LogP contribution in [0.1, 0.15) is 32.6 Å². The van der Waals surface area contributed by atoms with Crippen LogP contribution in [-0.4, -0.2) is 39.3 Å². The maximum Gasteiger partial charge on any atom is 0.296 e. The summed E-state index contributed by atoms with van der Waals surface area (Å²) in [5, 5.41) is 5.34. The lowest BCUT2D eigenvalue weighted by molar-refractivity contribution is -0.112. The number of amides is 1. The van der Waals surface area contributed by atoms with Crippen LogP contribution in [0.15, 0.2) is 69.4 Å². The molecular formula is C25H21BrN2O7S2. The number of carbonyl (C=O) groups excluding carboxylic acids is 2. The molecule has 1 amide bonds. The summed E-state index contributed by atoms with van der Waals surface area (Å²) >= 11 is 2.93. The van der Waals surface area contributed by atoms with Gasteiger partial charge >= 0.3 is 0 Å². The summed E-state index contributed by atoms with van der Waals surface area (Å²) in [6.45, 7) is 5.00. The lowest BCUT2D eigenvalue weighted by Crippen LogP contribution is -2.20. The van der Waals surface area contributed by atoms with E-state index >= 15 is 0 Å². The molecule has 9 nitrogen and oxygen atoms in total. The monoisotopic (exact) mass is 604 g/mol. The Morgan fingerprint density at radius 2 is 1.70 bits per heavy atom. The second kappa shape index (κ2) is 9.53. The molecule has 0 bridgehead atoms. The number of benzene rings is 3. The Balaban J connectivity index is 1.91. The number of carbonyl (C=O) groups is 2. The second-order valence-electron chi connectivity index (χ2n) is 8.51. The van der Waals surface area contributed by atoms with Crippen molar-refractivity contribution in [1.29, 1.82) is 0 Å². The first-order valence-corrected chi connectivity index (χ1v) is 14.8. The molecule has 0 radical (unpaired) electrons. The summed E-state index contributed by atoms with van der Waals surface area (Å²) in [6, 6.07) is 12.1. The van der Waals surface area contributed by atoms with Crippen LogP contribution in [0.3, 0.4) is 0 Å². The van der Waals surface area contributed by atoms with Gasteiger partial charge in [0, 0.05) is 35.2 Å². The van der Waals surface area contributed by atoms with E-state index in [1.165, 1.54) is 18.2 Å². The van der Waals surface area contributed by atoms with Crippen LogP contribution in [0.4, 0.5) is 17.1 Å². The zero-order valence-electron chi connectivity index (χ0n) is 19.6. The first-order chi connectivity index (χ1) is 17.2. The van der Waals surface area contributed by atoms with Gasteiger partial charge in [0.1, 0.15) is 4.90 Å². The zero-order chi connectivity index (χ0) is 27.3. The third kappa shape index (κ3) is 5.23. The van der Waals surface area contributed by atoms with E-state index in [0.717, 1.165) is 17.9 Å². The van der Waals surface area contributed by atoms with Gasteiger partial charge in [-0.05, 0) is 63.8 Å². The highest BCUT2D eigenvalue weighted by Gasteiger charge is 2.31. The topological polar surface area (TPSA) is 147 Å². The van der Waals surface area contributed by atoms with Crippen LogP contribution >= 0.6 is 15.9 Å². The van der Waals surface area contributed by atoms with Crippen LogP contribution in [0.5, 0.6) is 0 Å². The smallest absolute Gasteiger partial charge is 0.296 e. The number of anilines is 3. The molecule has 3 aromatic rings. The first-order valence-electron chi connectivity index (χ1n) is 10.7. The maximum absolute atomic E-state index is 13.4. The first kappa shape index (κ1) is 26.7. The van der Waals surface area contributed by atoms with E-state index in [4.69, 9.17) is 0 Å². The molecule has 3 aromatic carbocycles. The lowest BCUT2D eigenvalue weighted by Gasteiger charge is -2.25. The van der Waals surface area contributed by atoms with Crippen molar-refractivity contribution in [2.24, 2.45) is 0 Å². The predicted molar refractivity (Wildman–Crippen MR) is 143 cm³/mol. The molecule has 0 aliphatic heterocycles. The molecule has 0 heterocycles. The van der Waals surface area contributed by atoms with Gasteiger partial charge in [0.05, 0.1) is 15.1 Å². The average Bonchev–Trinajstić information content (AvgIpc) is 2.80. The molecule has 0 saturated heterocycles. The number of sulfone groups is 1. The van der Waals surface area contributed by atoms with Gasteiger partial charge in [-0.25, -0.2) is 8.42 Å². The van der Waals surface area contributed by atoms with Crippen molar-refractivity contribution in [3.8, 4) is 0 Å². The molecule has 192 valence electrons. The standard InChI is InChI=1S/C25H21BrN2O7S2/c1-13-21(36(3,31)32)12-20(18-10-15-6-4-5-7-17(15)24(29)23(13)18)28-19-9-8-16(27-25(30)14(2)26)11-22(19)37(33,34)35/h4-9,11-12,28H,2,10H2,1,3H3,(H,27,30)(H,33,34,35). The van der Waals surface area contributed by atoms with Gasteiger partial charge in [0.15, 0.2) is 15.6 Å². The largest absolute Gasteiger partial charge is 0.354 e. The van der Waals surface area contributed by atoms with E-state index in [-0.39, 0.29) is 44.2 Å². The molecule has 4 rings (SSSR count). The van der Waals surface area contributed by atoms with Crippen molar-refractivity contribution in [1.82, 2.24) is 0 Å². The molecule has 1 aliphatic rings. The highest BCUT2D eigenvalue weighted by molar-refractivity contribution is 9.12. The molecule has 12 heteroatoms. The number of nitrogens with one attached hydrogen (secondary N) is 2. The molecule has 3 N–H and O–H groups in total. The zero-order valence-corrected chi connectivity index (χ0v) is 22.8. The fraction of sp³-hybridized carbons (Fsp3) is 0.120.